The second-order valence-corrected chi connectivity index (χ2v) is 11.2. The van der Waals surface area contributed by atoms with Crippen LogP contribution in [0.1, 0.15) is 36.7 Å². The largest absolute Gasteiger partial charge is 0.494 e. The number of aromatic nitrogens is 4. The first kappa shape index (κ1) is 32.7. The number of carboxylic acid groups (broad SMARTS) is 1. The zero-order valence-electron chi connectivity index (χ0n) is 25.0. The third-order valence-corrected chi connectivity index (χ3v) is 7.10. The van der Waals surface area contributed by atoms with Gasteiger partial charge in [-0.3, -0.25) is 10.2 Å². The normalized spacial score (nSPS) is 16.0. The fraction of sp³-hybridized carbons (Fsp3) is 0.536. The molecule has 0 atom stereocenters. The molecular formula is C28H36F3N7O6. The van der Waals surface area contributed by atoms with Crippen molar-refractivity contribution < 1.29 is 42.1 Å². The number of fused-ring (bicyclic) bond motifs is 1. The van der Waals surface area contributed by atoms with Crippen molar-refractivity contribution in [2.75, 3.05) is 69.5 Å². The number of aliphatic carboxylic acids is 1. The number of carbonyl (C=O) groups is 2. The summed E-state index contributed by atoms with van der Waals surface area (Å²) in [7, 11) is 1.67. The van der Waals surface area contributed by atoms with E-state index in [0.717, 1.165) is 49.0 Å². The maximum atomic E-state index is 13.6. The van der Waals surface area contributed by atoms with Gasteiger partial charge in [0.1, 0.15) is 18.1 Å². The third kappa shape index (κ3) is 7.48. The monoisotopic (exact) mass is 623 g/mol. The summed E-state index contributed by atoms with van der Waals surface area (Å²) in [5, 5.41) is 24.9. The first-order chi connectivity index (χ1) is 20.7. The standard InChI is InChI=1S/C26H35N7O4.C2HF3O2/c1-26(2,3)19-15-18(16-20(24(19)35-4)30-7-11-36-12-8-30)21(34)17-32-25(27)33-23(28-32)6-5-22(29-33)31-9-13-37-14-10-31;3-2(4,5)1(6)7/h5-6,15-16,27H,7-14,17H2,1-4H3;(H,6,7). The Balaban J connectivity index is 0.000000566. The van der Waals surface area contributed by atoms with E-state index in [4.69, 9.17) is 29.5 Å². The minimum atomic E-state index is -5.08. The predicted molar refractivity (Wildman–Crippen MR) is 153 cm³/mol. The van der Waals surface area contributed by atoms with E-state index in [1.165, 1.54) is 9.20 Å². The molecule has 240 valence electrons. The number of morpholine rings is 2. The molecule has 0 unspecified atom stereocenters. The molecule has 16 heteroatoms. The highest BCUT2D eigenvalue weighted by atomic mass is 19.4. The van der Waals surface area contributed by atoms with E-state index in [9.17, 15) is 18.0 Å². The van der Waals surface area contributed by atoms with Crippen LogP contribution in [0.2, 0.25) is 0 Å². The van der Waals surface area contributed by atoms with Crippen molar-refractivity contribution in [2.24, 2.45) is 0 Å². The van der Waals surface area contributed by atoms with Crippen LogP contribution in [-0.2, 0) is 26.2 Å². The molecule has 0 spiro atoms. The van der Waals surface area contributed by atoms with Crippen LogP contribution in [0.5, 0.6) is 5.75 Å². The minimum Gasteiger partial charge on any atom is -0.494 e. The lowest BCUT2D eigenvalue weighted by molar-refractivity contribution is -0.192. The van der Waals surface area contributed by atoms with Crippen LogP contribution in [0.25, 0.3) is 5.65 Å². The first-order valence-electron chi connectivity index (χ1n) is 13.9. The van der Waals surface area contributed by atoms with Gasteiger partial charge in [-0.05, 0) is 29.7 Å². The molecule has 2 saturated heterocycles. The number of anilines is 2. The van der Waals surface area contributed by atoms with Gasteiger partial charge in [-0.25, -0.2) is 9.48 Å². The highest BCUT2D eigenvalue weighted by Crippen LogP contribution is 2.40. The Kier molecular flexibility index (Phi) is 9.83. The molecule has 2 aromatic heterocycles. The molecule has 5 rings (SSSR count). The molecule has 3 aromatic rings. The molecule has 0 amide bonds. The summed E-state index contributed by atoms with van der Waals surface area (Å²) >= 11 is 0. The van der Waals surface area contributed by atoms with Crippen molar-refractivity contribution in [1.29, 1.82) is 5.41 Å². The van der Waals surface area contributed by atoms with Crippen molar-refractivity contribution >= 4 is 28.9 Å². The third-order valence-electron chi connectivity index (χ3n) is 7.10. The zero-order chi connectivity index (χ0) is 32.2. The number of nitrogens with zero attached hydrogens (tertiary/aromatic N) is 6. The summed E-state index contributed by atoms with van der Waals surface area (Å²) in [4.78, 5) is 26.8. The fourth-order valence-corrected chi connectivity index (χ4v) is 4.80. The number of nitrogens with one attached hydrogen (secondary N) is 1. The van der Waals surface area contributed by atoms with Crippen LogP contribution < -0.4 is 20.2 Å². The molecule has 2 fully saturated rings. The molecule has 0 aliphatic carbocycles. The van der Waals surface area contributed by atoms with Crippen molar-refractivity contribution in [3.05, 3.63) is 41.0 Å². The van der Waals surface area contributed by atoms with Gasteiger partial charge in [0.05, 0.1) is 39.2 Å². The van der Waals surface area contributed by atoms with Crippen molar-refractivity contribution in [2.45, 2.75) is 38.9 Å². The molecule has 2 N–H and O–H groups in total. The number of hydrogen-bond donors (Lipinski definition) is 2. The van der Waals surface area contributed by atoms with Gasteiger partial charge in [0.15, 0.2) is 11.4 Å². The maximum Gasteiger partial charge on any atom is 0.490 e. The molecular weight excluding hydrogens is 587 g/mol. The lowest BCUT2D eigenvalue weighted by Crippen LogP contribution is -2.37. The lowest BCUT2D eigenvalue weighted by atomic mass is 9.84. The van der Waals surface area contributed by atoms with Crippen LogP contribution in [-0.4, -0.2) is 102 Å². The van der Waals surface area contributed by atoms with Crippen LogP contribution >= 0.6 is 0 Å². The SMILES string of the molecule is COc1c(N2CCOCC2)cc(C(=O)Cn2nc3ccc(N4CCOCC4)nn3c2=N)cc1C(C)(C)C.O=C(O)C(F)(F)F. The van der Waals surface area contributed by atoms with Crippen LogP contribution in [0.3, 0.4) is 0 Å². The van der Waals surface area contributed by atoms with Crippen LogP contribution in [0.4, 0.5) is 24.7 Å². The molecule has 0 bridgehead atoms. The molecule has 0 saturated carbocycles. The number of Topliss-reactive ketones (excluding diaryl/α,β-unsaturated/α-hetero) is 1. The number of hydrogen-bond acceptors (Lipinski definition) is 10. The zero-order valence-corrected chi connectivity index (χ0v) is 25.0. The molecule has 2 aliphatic rings. The molecule has 4 heterocycles. The van der Waals surface area contributed by atoms with Gasteiger partial charge in [-0.15, -0.1) is 10.2 Å². The number of alkyl halides is 3. The molecule has 0 radical (unpaired) electrons. The number of ketones is 1. The van der Waals surface area contributed by atoms with Gasteiger partial charge in [0, 0.05) is 37.3 Å². The number of carboxylic acids is 1. The summed E-state index contributed by atoms with van der Waals surface area (Å²) in [5.41, 5.74) is 2.76. The van der Waals surface area contributed by atoms with E-state index in [1.54, 1.807) is 7.11 Å². The molecule has 1 aromatic carbocycles. The van der Waals surface area contributed by atoms with E-state index in [2.05, 4.69) is 40.8 Å². The molecule has 13 nitrogen and oxygen atoms in total. The van der Waals surface area contributed by atoms with Crippen molar-refractivity contribution in [3.63, 3.8) is 0 Å². The van der Waals surface area contributed by atoms with Crippen molar-refractivity contribution in [3.8, 4) is 5.75 Å². The molecule has 2 aliphatic heterocycles. The van der Waals surface area contributed by atoms with Gasteiger partial charge in [-0.2, -0.15) is 17.7 Å². The summed E-state index contributed by atoms with van der Waals surface area (Å²) in [6, 6.07) is 7.54. The summed E-state index contributed by atoms with van der Waals surface area (Å²) in [5.74, 6) is -1.34. The fourth-order valence-electron chi connectivity index (χ4n) is 4.80. The van der Waals surface area contributed by atoms with Gasteiger partial charge in [-0.1, -0.05) is 20.8 Å². The topological polar surface area (TPSA) is 148 Å². The Labute approximate surface area is 251 Å². The quantitative estimate of drug-likeness (QED) is 0.393. The summed E-state index contributed by atoms with van der Waals surface area (Å²) in [6.45, 7) is 11.8. The highest BCUT2D eigenvalue weighted by Gasteiger charge is 2.38. The van der Waals surface area contributed by atoms with Crippen LogP contribution in [0.15, 0.2) is 24.3 Å². The number of carbonyl (C=O) groups excluding carboxylic acids is 1. The van der Waals surface area contributed by atoms with E-state index in [0.29, 0.717) is 37.6 Å². The first-order valence-corrected chi connectivity index (χ1v) is 13.9. The Morgan fingerprint density at radius 3 is 2.07 bits per heavy atom. The Morgan fingerprint density at radius 2 is 1.55 bits per heavy atom. The number of methoxy groups -OCH3 is 1. The smallest absolute Gasteiger partial charge is 0.490 e. The predicted octanol–water partition coefficient (Wildman–Crippen LogP) is 2.51. The Hall–Kier alpha value is -4.18. The molecule has 44 heavy (non-hydrogen) atoms. The number of rotatable bonds is 6. The maximum absolute atomic E-state index is 13.6. The average Bonchev–Trinajstić information content (AvgIpc) is 3.30. The highest BCUT2D eigenvalue weighted by molar-refractivity contribution is 5.97. The lowest BCUT2D eigenvalue weighted by Gasteiger charge is -2.33. The number of ether oxygens (including phenoxy) is 3. The van der Waals surface area contributed by atoms with Gasteiger partial charge in [0.25, 0.3) is 0 Å². The Morgan fingerprint density at radius 1 is 0.977 bits per heavy atom. The average molecular weight is 624 g/mol. The van der Waals surface area contributed by atoms with E-state index < -0.39 is 12.1 Å². The minimum absolute atomic E-state index is 0.0522. The summed E-state index contributed by atoms with van der Waals surface area (Å²) < 4.78 is 51.5. The van der Waals surface area contributed by atoms with E-state index >= 15 is 0 Å². The second-order valence-electron chi connectivity index (χ2n) is 11.2. The van der Waals surface area contributed by atoms with Gasteiger partial charge >= 0.3 is 12.1 Å². The van der Waals surface area contributed by atoms with E-state index in [-0.39, 0.29) is 23.4 Å². The summed E-state index contributed by atoms with van der Waals surface area (Å²) in [6.07, 6.45) is -5.08. The van der Waals surface area contributed by atoms with Crippen LogP contribution in [0, 0.1) is 5.41 Å². The number of halogens is 3. The van der Waals surface area contributed by atoms with Gasteiger partial charge < -0.3 is 29.1 Å². The number of benzene rings is 1. The van der Waals surface area contributed by atoms with Gasteiger partial charge in [0.2, 0.25) is 5.62 Å². The van der Waals surface area contributed by atoms with E-state index in [1.807, 2.05) is 24.3 Å². The second kappa shape index (κ2) is 13.2. The Bertz CT molecular complexity index is 1550. The van der Waals surface area contributed by atoms with Crippen molar-refractivity contribution in [1.82, 2.24) is 19.4 Å².